The van der Waals surface area contributed by atoms with E-state index < -0.39 is 124 Å². The lowest BCUT2D eigenvalue weighted by Gasteiger charge is -2.47. The molecule has 11 N–H and O–H groups in total. The number of amides is 2. The number of carbonyl (C=O) groups excluding carboxylic acids is 2. The van der Waals surface area contributed by atoms with E-state index in [-0.39, 0.29) is 0 Å². The van der Waals surface area contributed by atoms with Gasteiger partial charge in [0, 0.05) is 13.8 Å². The average Bonchev–Trinajstić information content (AvgIpc) is 2.90. The summed E-state index contributed by atoms with van der Waals surface area (Å²) < 4.78 is 27.4. The molecule has 18 heteroatoms. The number of aliphatic hydroxyl groups excluding tert-OH is 9. The monoisotopic (exact) mass is 586 g/mol. The van der Waals surface area contributed by atoms with Crippen LogP contribution >= 0.6 is 0 Å². The molecule has 0 unspecified atom stereocenters. The van der Waals surface area contributed by atoms with E-state index in [2.05, 4.69) is 10.6 Å². The van der Waals surface area contributed by atoms with Crippen molar-refractivity contribution in [3.05, 3.63) is 0 Å². The standard InChI is InChI=1S/C22H38N2O16/c1-6(27)23-11-15(31)14(30)10(37-20(11)35)5-36-21-12(24-7(2)28)16(32)19(9(4-26)39-21)40-22-18(34)17(33)13(29)8(3-25)38-22/h8-22,25-26,29-35H,3-5H2,1-2H3,(H,23,27)(H,24,28)/t8-,9-,10-,11+,12-,13-,14-,15-,16-,17+,18+,19-,20-,21-,22+/m1/s1. The van der Waals surface area contributed by atoms with Crippen molar-refractivity contribution in [3.63, 3.8) is 0 Å². The van der Waals surface area contributed by atoms with Crippen molar-refractivity contribution in [3.8, 4) is 0 Å². The molecule has 18 nitrogen and oxygen atoms in total. The number of nitrogens with one attached hydrogen (secondary N) is 2. The molecule has 40 heavy (non-hydrogen) atoms. The highest BCUT2D eigenvalue weighted by Crippen LogP contribution is 2.30. The van der Waals surface area contributed by atoms with E-state index in [1.54, 1.807) is 0 Å². The SMILES string of the molecule is CC(=O)N[C@H]1[C@H](OC[C@H]2O[C@@H](O)[C@@H](NC(C)=O)[C@@H](O)[C@@H]2O)O[C@H](CO)[C@@H](O[C@@H]2O[C@H](CO)[C@@H](O)[C@H](O)[C@@H]2O)[C@@H]1O. The quantitative estimate of drug-likeness (QED) is 0.120. The Hall–Kier alpha value is -1.62. The lowest BCUT2D eigenvalue weighted by atomic mass is 9.95. The van der Waals surface area contributed by atoms with Crippen molar-refractivity contribution in [2.45, 2.75) is 106 Å². The molecular formula is C22H38N2O16. The zero-order valence-corrected chi connectivity index (χ0v) is 21.7. The second-order valence-corrected chi connectivity index (χ2v) is 9.85. The fourth-order valence-corrected chi connectivity index (χ4v) is 4.76. The van der Waals surface area contributed by atoms with Crippen LogP contribution < -0.4 is 10.6 Å². The van der Waals surface area contributed by atoms with E-state index in [1.165, 1.54) is 0 Å². The normalized spacial score (nSPS) is 46.0. The van der Waals surface area contributed by atoms with Crippen LogP contribution in [0.1, 0.15) is 13.8 Å². The molecule has 3 fully saturated rings. The molecule has 2 amide bonds. The second kappa shape index (κ2) is 14.0. The minimum Gasteiger partial charge on any atom is -0.394 e. The third kappa shape index (κ3) is 7.23. The molecule has 0 aromatic rings. The van der Waals surface area contributed by atoms with Gasteiger partial charge in [0.05, 0.1) is 19.8 Å². The number of hydrogen-bond donors (Lipinski definition) is 11. The van der Waals surface area contributed by atoms with Gasteiger partial charge in [-0.2, -0.15) is 0 Å². The van der Waals surface area contributed by atoms with E-state index >= 15 is 0 Å². The van der Waals surface area contributed by atoms with E-state index in [0.29, 0.717) is 0 Å². The highest BCUT2D eigenvalue weighted by atomic mass is 16.7. The van der Waals surface area contributed by atoms with Crippen LogP contribution in [-0.2, 0) is 33.3 Å². The summed E-state index contributed by atoms with van der Waals surface area (Å²) >= 11 is 0. The molecule has 3 heterocycles. The van der Waals surface area contributed by atoms with Crippen LogP contribution in [0.5, 0.6) is 0 Å². The number of hydrogen-bond acceptors (Lipinski definition) is 16. The smallest absolute Gasteiger partial charge is 0.217 e. The molecule has 15 atom stereocenters. The van der Waals surface area contributed by atoms with E-state index in [1.807, 2.05) is 0 Å². The summed E-state index contributed by atoms with van der Waals surface area (Å²) in [6.07, 6.45) is -20.8. The number of carbonyl (C=O) groups is 2. The Morgan fingerprint density at radius 1 is 0.650 bits per heavy atom. The molecule has 0 aliphatic carbocycles. The Kier molecular flexibility index (Phi) is 11.5. The van der Waals surface area contributed by atoms with Gasteiger partial charge >= 0.3 is 0 Å². The number of aliphatic hydroxyl groups is 9. The van der Waals surface area contributed by atoms with Crippen LogP contribution in [0.4, 0.5) is 0 Å². The van der Waals surface area contributed by atoms with Crippen molar-refractivity contribution in [1.82, 2.24) is 10.6 Å². The van der Waals surface area contributed by atoms with Crippen molar-refractivity contribution in [1.29, 1.82) is 0 Å². The summed E-state index contributed by atoms with van der Waals surface area (Å²) in [6, 6.07) is -2.72. The molecule has 0 bridgehead atoms. The summed E-state index contributed by atoms with van der Waals surface area (Å²) in [5, 5.41) is 96.3. The molecule has 0 aromatic heterocycles. The van der Waals surface area contributed by atoms with E-state index in [0.717, 1.165) is 13.8 Å². The van der Waals surface area contributed by atoms with Crippen molar-refractivity contribution in [2.75, 3.05) is 19.8 Å². The second-order valence-electron chi connectivity index (χ2n) is 9.85. The van der Waals surface area contributed by atoms with Gasteiger partial charge in [-0.3, -0.25) is 9.59 Å². The van der Waals surface area contributed by atoms with Gasteiger partial charge in [-0.15, -0.1) is 0 Å². The van der Waals surface area contributed by atoms with Crippen LogP contribution in [0.25, 0.3) is 0 Å². The maximum atomic E-state index is 11.9. The largest absolute Gasteiger partial charge is 0.394 e. The number of rotatable bonds is 9. The molecule has 0 radical (unpaired) electrons. The summed E-state index contributed by atoms with van der Waals surface area (Å²) in [6.45, 7) is 0.168. The maximum absolute atomic E-state index is 11.9. The third-order valence-electron chi connectivity index (χ3n) is 6.88. The van der Waals surface area contributed by atoms with Crippen LogP contribution in [0, 0.1) is 0 Å². The van der Waals surface area contributed by atoms with Gasteiger partial charge in [0.15, 0.2) is 18.9 Å². The van der Waals surface area contributed by atoms with Crippen LogP contribution in [-0.4, -0.2) is 170 Å². The molecule has 3 saturated heterocycles. The summed E-state index contributed by atoms with van der Waals surface area (Å²) in [5.74, 6) is -1.24. The highest BCUT2D eigenvalue weighted by molar-refractivity contribution is 5.73. The van der Waals surface area contributed by atoms with Gasteiger partial charge in [0.2, 0.25) is 11.8 Å². The third-order valence-corrected chi connectivity index (χ3v) is 6.88. The first-order valence-corrected chi connectivity index (χ1v) is 12.6. The fraction of sp³-hybridized carbons (Fsp3) is 0.909. The minimum atomic E-state index is -1.83. The first kappa shape index (κ1) is 32.9. The van der Waals surface area contributed by atoms with Gasteiger partial charge < -0.3 is 80.3 Å². The van der Waals surface area contributed by atoms with Gasteiger partial charge in [0.1, 0.15) is 73.1 Å². The lowest BCUT2D eigenvalue weighted by molar-refractivity contribution is -0.351. The van der Waals surface area contributed by atoms with Crippen molar-refractivity contribution < 1.29 is 79.2 Å². The van der Waals surface area contributed by atoms with Gasteiger partial charge in [-0.05, 0) is 0 Å². The molecule has 0 aromatic carbocycles. The van der Waals surface area contributed by atoms with E-state index in [9.17, 15) is 55.5 Å². The summed E-state index contributed by atoms with van der Waals surface area (Å²) in [7, 11) is 0. The van der Waals surface area contributed by atoms with Gasteiger partial charge in [-0.25, -0.2) is 0 Å². The van der Waals surface area contributed by atoms with Crippen LogP contribution in [0.15, 0.2) is 0 Å². The maximum Gasteiger partial charge on any atom is 0.217 e. The Balaban J connectivity index is 1.73. The summed E-state index contributed by atoms with van der Waals surface area (Å²) in [4.78, 5) is 23.2. The van der Waals surface area contributed by atoms with Crippen LogP contribution in [0.3, 0.4) is 0 Å². The van der Waals surface area contributed by atoms with Gasteiger partial charge in [0.25, 0.3) is 0 Å². The average molecular weight is 587 g/mol. The topological polar surface area (TPSA) is 286 Å². The Labute approximate surface area is 228 Å². The van der Waals surface area contributed by atoms with Crippen molar-refractivity contribution >= 4 is 11.8 Å². The van der Waals surface area contributed by atoms with E-state index in [4.69, 9.17) is 23.7 Å². The molecule has 0 spiro atoms. The fourth-order valence-electron chi connectivity index (χ4n) is 4.76. The predicted octanol–water partition coefficient (Wildman–Crippen LogP) is -7.29. The Bertz CT molecular complexity index is 852. The van der Waals surface area contributed by atoms with Crippen molar-refractivity contribution in [2.24, 2.45) is 0 Å². The number of ether oxygens (including phenoxy) is 5. The highest BCUT2D eigenvalue weighted by Gasteiger charge is 2.52. The minimum absolute atomic E-state index is 0.564. The molecule has 3 aliphatic rings. The lowest BCUT2D eigenvalue weighted by Crippen LogP contribution is -2.68. The first-order valence-electron chi connectivity index (χ1n) is 12.6. The molecule has 232 valence electrons. The molecule has 3 aliphatic heterocycles. The van der Waals surface area contributed by atoms with Gasteiger partial charge in [-0.1, -0.05) is 0 Å². The zero-order valence-electron chi connectivity index (χ0n) is 21.7. The molecular weight excluding hydrogens is 548 g/mol. The Morgan fingerprint density at radius 3 is 1.77 bits per heavy atom. The molecule has 3 rings (SSSR count). The van der Waals surface area contributed by atoms with Crippen LogP contribution in [0.2, 0.25) is 0 Å². The predicted molar refractivity (Wildman–Crippen MR) is 124 cm³/mol. The summed E-state index contributed by atoms with van der Waals surface area (Å²) in [5.41, 5.74) is 0. The Morgan fingerprint density at radius 2 is 1.20 bits per heavy atom. The first-order chi connectivity index (χ1) is 18.8. The molecule has 0 saturated carbocycles. The zero-order chi connectivity index (χ0) is 29.9.